The Morgan fingerprint density at radius 2 is 2.11 bits per heavy atom. The SMILES string of the molecule is NC1(CCC2CCCO2)CCc2ccccc2C1. The molecule has 0 amide bonds. The van der Waals surface area contributed by atoms with Crippen molar-refractivity contribution in [3.8, 4) is 0 Å². The minimum atomic E-state index is 0.000301. The molecule has 0 spiro atoms. The molecular weight excluding hydrogens is 222 g/mol. The first-order chi connectivity index (χ1) is 8.75. The maximum Gasteiger partial charge on any atom is 0.0576 e. The van der Waals surface area contributed by atoms with Crippen LogP contribution in [0.4, 0.5) is 0 Å². The number of benzene rings is 1. The minimum Gasteiger partial charge on any atom is -0.378 e. The molecule has 1 fully saturated rings. The quantitative estimate of drug-likeness (QED) is 0.888. The van der Waals surface area contributed by atoms with Crippen LogP contribution in [0, 0.1) is 0 Å². The van der Waals surface area contributed by atoms with Gasteiger partial charge in [-0.1, -0.05) is 24.3 Å². The third-order valence-electron chi connectivity index (χ3n) is 4.54. The number of hydrogen-bond acceptors (Lipinski definition) is 2. The van der Waals surface area contributed by atoms with E-state index >= 15 is 0 Å². The molecule has 1 heterocycles. The maximum absolute atomic E-state index is 6.60. The van der Waals surface area contributed by atoms with E-state index in [1.807, 2.05) is 0 Å². The average Bonchev–Trinajstić information content (AvgIpc) is 2.90. The van der Waals surface area contributed by atoms with Gasteiger partial charge in [0, 0.05) is 12.1 Å². The monoisotopic (exact) mass is 245 g/mol. The van der Waals surface area contributed by atoms with Gasteiger partial charge in [0.25, 0.3) is 0 Å². The van der Waals surface area contributed by atoms with E-state index in [2.05, 4.69) is 24.3 Å². The first-order valence-corrected chi connectivity index (χ1v) is 7.22. The van der Waals surface area contributed by atoms with Crippen molar-refractivity contribution in [2.24, 2.45) is 5.73 Å². The molecule has 2 nitrogen and oxygen atoms in total. The Balaban J connectivity index is 1.62. The van der Waals surface area contributed by atoms with Crippen LogP contribution in [0.15, 0.2) is 24.3 Å². The lowest BCUT2D eigenvalue weighted by atomic mass is 9.76. The lowest BCUT2D eigenvalue weighted by molar-refractivity contribution is 0.0946. The molecule has 1 aliphatic carbocycles. The molecule has 2 unspecified atom stereocenters. The summed E-state index contributed by atoms with van der Waals surface area (Å²) < 4.78 is 5.70. The highest BCUT2D eigenvalue weighted by Gasteiger charge is 2.31. The molecule has 0 aromatic heterocycles. The number of fused-ring (bicyclic) bond motifs is 1. The van der Waals surface area contributed by atoms with E-state index in [1.54, 1.807) is 0 Å². The van der Waals surface area contributed by atoms with Gasteiger partial charge in [-0.2, -0.15) is 0 Å². The van der Waals surface area contributed by atoms with Gasteiger partial charge in [0.2, 0.25) is 0 Å². The smallest absolute Gasteiger partial charge is 0.0576 e. The van der Waals surface area contributed by atoms with Crippen LogP contribution >= 0.6 is 0 Å². The number of aryl methyl sites for hydroxylation is 1. The Morgan fingerprint density at radius 1 is 1.28 bits per heavy atom. The van der Waals surface area contributed by atoms with Crippen molar-refractivity contribution in [2.45, 2.75) is 56.6 Å². The fourth-order valence-electron chi connectivity index (χ4n) is 3.36. The third-order valence-corrected chi connectivity index (χ3v) is 4.54. The molecule has 3 rings (SSSR count). The summed E-state index contributed by atoms with van der Waals surface area (Å²) in [6.45, 7) is 0.949. The fraction of sp³-hybridized carbons (Fsp3) is 0.625. The number of ether oxygens (including phenoxy) is 1. The van der Waals surface area contributed by atoms with E-state index in [-0.39, 0.29) is 5.54 Å². The Morgan fingerprint density at radius 3 is 2.89 bits per heavy atom. The Kier molecular flexibility index (Phi) is 3.40. The van der Waals surface area contributed by atoms with Gasteiger partial charge in [-0.15, -0.1) is 0 Å². The molecular formula is C16H23NO. The Hall–Kier alpha value is -0.860. The summed E-state index contributed by atoms with van der Waals surface area (Å²) in [5.74, 6) is 0. The van der Waals surface area contributed by atoms with Crippen molar-refractivity contribution in [3.05, 3.63) is 35.4 Å². The van der Waals surface area contributed by atoms with Gasteiger partial charge in [0.1, 0.15) is 0 Å². The minimum absolute atomic E-state index is 0.000301. The summed E-state index contributed by atoms with van der Waals surface area (Å²) in [6.07, 6.45) is 8.47. The van der Waals surface area contributed by atoms with E-state index in [4.69, 9.17) is 10.5 Å². The second-order valence-corrected chi connectivity index (χ2v) is 5.98. The van der Waals surface area contributed by atoms with Crippen LogP contribution < -0.4 is 5.73 Å². The van der Waals surface area contributed by atoms with Crippen LogP contribution in [-0.4, -0.2) is 18.2 Å². The Bertz CT molecular complexity index is 411. The first-order valence-electron chi connectivity index (χ1n) is 7.22. The zero-order valence-corrected chi connectivity index (χ0v) is 11.0. The molecule has 18 heavy (non-hydrogen) atoms. The van der Waals surface area contributed by atoms with Gasteiger partial charge in [-0.05, 0) is 56.1 Å². The van der Waals surface area contributed by atoms with Gasteiger partial charge in [0.15, 0.2) is 0 Å². The molecule has 1 aliphatic heterocycles. The molecule has 98 valence electrons. The number of nitrogens with two attached hydrogens (primary N) is 1. The van der Waals surface area contributed by atoms with E-state index in [1.165, 1.54) is 24.0 Å². The van der Waals surface area contributed by atoms with Crippen molar-refractivity contribution >= 4 is 0 Å². The van der Waals surface area contributed by atoms with E-state index in [0.29, 0.717) is 6.10 Å². The summed E-state index contributed by atoms with van der Waals surface area (Å²) in [6, 6.07) is 8.75. The standard InChI is InChI=1S/C16H23NO/c17-16(10-8-15-6-3-11-18-15)9-7-13-4-1-2-5-14(13)12-16/h1-2,4-5,15H,3,6-12,17H2. The van der Waals surface area contributed by atoms with Crippen molar-refractivity contribution in [1.29, 1.82) is 0 Å². The lowest BCUT2D eigenvalue weighted by Crippen LogP contribution is -2.45. The van der Waals surface area contributed by atoms with E-state index in [0.717, 1.165) is 38.7 Å². The largest absolute Gasteiger partial charge is 0.378 e. The summed E-state index contributed by atoms with van der Waals surface area (Å²) in [5.41, 5.74) is 9.55. The second kappa shape index (κ2) is 5.02. The van der Waals surface area contributed by atoms with E-state index < -0.39 is 0 Å². The van der Waals surface area contributed by atoms with Gasteiger partial charge >= 0.3 is 0 Å². The van der Waals surface area contributed by atoms with Crippen LogP contribution in [-0.2, 0) is 17.6 Å². The molecule has 1 aromatic rings. The van der Waals surface area contributed by atoms with Gasteiger partial charge in [-0.25, -0.2) is 0 Å². The number of rotatable bonds is 3. The zero-order chi connectivity index (χ0) is 12.4. The van der Waals surface area contributed by atoms with Gasteiger partial charge < -0.3 is 10.5 Å². The molecule has 2 N–H and O–H groups in total. The maximum atomic E-state index is 6.60. The topological polar surface area (TPSA) is 35.2 Å². The normalized spacial score (nSPS) is 31.3. The highest BCUT2D eigenvalue weighted by atomic mass is 16.5. The first kappa shape index (κ1) is 12.2. The van der Waals surface area contributed by atoms with Gasteiger partial charge in [0.05, 0.1) is 6.10 Å². The van der Waals surface area contributed by atoms with Crippen molar-refractivity contribution in [2.75, 3.05) is 6.61 Å². The number of hydrogen-bond donors (Lipinski definition) is 1. The molecule has 0 radical (unpaired) electrons. The highest BCUT2D eigenvalue weighted by molar-refractivity contribution is 5.32. The Labute approximate surface area is 110 Å². The fourth-order valence-corrected chi connectivity index (χ4v) is 3.36. The van der Waals surface area contributed by atoms with Crippen LogP contribution in [0.3, 0.4) is 0 Å². The van der Waals surface area contributed by atoms with Gasteiger partial charge in [-0.3, -0.25) is 0 Å². The molecule has 2 atom stereocenters. The second-order valence-electron chi connectivity index (χ2n) is 5.98. The van der Waals surface area contributed by atoms with Crippen molar-refractivity contribution in [1.82, 2.24) is 0 Å². The van der Waals surface area contributed by atoms with Crippen LogP contribution in [0.5, 0.6) is 0 Å². The zero-order valence-electron chi connectivity index (χ0n) is 11.0. The molecule has 1 saturated heterocycles. The summed E-state index contributed by atoms with van der Waals surface area (Å²) in [4.78, 5) is 0. The highest BCUT2D eigenvalue weighted by Crippen LogP contribution is 2.31. The predicted octanol–water partition coefficient (Wildman–Crippen LogP) is 2.83. The molecule has 1 aromatic carbocycles. The van der Waals surface area contributed by atoms with Crippen molar-refractivity contribution < 1.29 is 4.74 Å². The predicted molar refractivity (Wildman–Crippen MR) is 73.6 cm³/mol. The van der Waals surface area contributed by atoms with Crippen molar-refractivity contribution in [3.63, 3.8) is 0 Å². The summed E-state index contributed by atoms with van der Waals surface area (Å²) in [7, 11) is 0. The van der Waals surface area contributed by atoms with Crippen LogP contribution in [0.25, 0.3) is 0 Å². The van der Waals surface area contributed by atoms with Crippen LogP contribution in [0.1, 0.15) is 43.2 Å². The summed E-state index contributed by atoms with van der Waals surface area (Å²) >= 11 is 0. The van der Waals surface area contributed by atoms with E-state index in [9.17, 15) is 0 Å². The summed E-state index contributed by atoms with van der Waals surface area (Å²) in [5, 5.41) is 0. The third kappa shape index (κ3) is 2.60. The average molecular weight is 245 g/mol. The van der Waals surface area contributed by atoms with Crippen LogP contribution in [0.2, 0.25) is 0 Å². The lowest BCUT2D eigenvalue weighted by Gasteiger charge is -2.35. The molecule has 0 saturated carbocycles. The molecule has 0 bridgehead atoms. The molecule has 2 heteroatoms. The molecule has 2 aliphatic rings.